The van der Waals surface area contributed by atoms with Crippen LogP contribution in [0.4, 0.5) is 11.4 Å². The summed E-state index contributed by atoms with van der Waals surface area (Å²) in [5.74, 6) is 0.0197. The number of sulfonamides is 1. The molecule has 100 valence electrons. The van der Waals surface area contributed by atoms with E-state index in [4.69, 9.17) is 5.73 Å². The van der Waals surface area contributed by atoms with Crippen molar-refractivity contribution in [3.8, 4) is 0 Å². The van der Waals surface area contributed by atoms with Crippen molar-refractivity contribution < 1.29 is 8.42 Å². The Morgan fingerprint density at radius 2 is 1.89 bits per heavy atom. The number of nitrogens with two attached hydrogens (primary N) is 1. The Morgan fingerprint density at radius 1 is 1.16 bits per heavy atom. The summed E-state index contributed by atoms with van der Waals surface area (Å²) in [5, 5.41) is 0. The van der Waals surface area contributed by atoms with Crippen LogP contribution in [0.3, 0.4) is 0 Å². The van der Waals surface area contributed by atoms with Crippen LogP contribution in [0.5, 0.6) is 0 Å². The van der Waals surface area contributed by atoms with Gasteiger partial charge in [-0.05, 0) is 42.3 Å². The third-order valence-electron chi connectivity index (χ3n) is 2.57. The highest BCUT2D eigenvalue weighted by molar-refractivity contribution is 7.92. The van der Waals surface area contributed by atoms with Gasteiger partial charge in [-0.2, -0.15) is 0 Å². The Kier molecular flexibility index (Phi) is 4.01. The Bertz CT molecular complexity index is 642. The van der Waals surface area contributed by atoms with Crippen LogP contribution < -0.4 is 10.5 Å². The molecular formula is C13H15N3O2S. The molecule has 1 heterocycles. The maximum atomic E-state index is 11.9. The molecule has 0 atom stereocenters. The third kappa shape index (κ3) is 4.26. The van der Waals surface area contributed by atoms with Crippen LogP contribution in [0.25, 0.3) is 0 Å². The number of anilines is 2. The highest BCUT2D eigenvalue weighted by atomic mass is 32.2. The van der Waals surface area contributed by atoms with Crippen molar-refractivity contribution in [2.75, 3.05) is 16.2 Å². The fourth-order valence-corrected chi connectivity index (χ4v) is 2.73. The van der Waals surface area contributed by atoms with E-state index in [9.17, 15) is 8.42 Å². The van der Waals surface area contributed by atoms with Gasteiger partial charge in [-0.3, -0.25) is 9.71 Å². The van der Waals surface area contributed by atoms with Gasteiger partial charge in [-0.1, -0.05) is 6.07 Å². The standard InChI is InChI=1S/C13H15N3O2S/c14-12-2-1-3-13(10-12)16-19(17,18)9-6-11-4-7-15-8-5-11/h1-5,7-8,10,16H,6,9,14H2. The molecular weight excluding hydrogens is 262 g/mol. The minimum atomic E-state index is -3.38. The monoisotopic (exact) mass is 277 g/mol. The van der Waals surface area contributed by atoms with Gasteiger partial charge in [-0.25, -0.2) is 8.42 Å². The van der Waals surface area contributed by atoms with Gasteiger partial charge in [0.25, 0.3) is 0 Å². The maximum absolute atomic E-state index is 11.9. The smallest absolute Gasteiger partial charge is 0.233 e. The van der Waals surface area contributed by atoms with Crippen LogP contribution in [0.15, 0.2) is 48.8 Å². The lowest BCUT2D eigenvalue weighted by molar-refractivity contribution is 0.600. The fraction of sp³-hybridized carbons (Fsp3) is 0.154. The summed E-state index contributed by atoms with van der Waals surface area (Å²) in [7, 11) is -3.38. The van der Waals surface area contributed by atoms with E-state index in [2.05, 4.69) is 9.71 Å². The minimum absolute atomic E-state index is 0.0197. The van der Waals surface area contributed by atoms with Crippen LogP contribution >= 0.6 is 0 Å². The lowest BCUT2D eigenvalue weighted by atomic mass is 10.2. The first-order valence-electron chi connectivity index (χ1n) is 5.80. The molecule has 0 aliphatic carbocycles. The Balaban J connectivity index is 1.99. The summed E-state index contributed by atoms with van der Waals surface area (Å²) in [5.41, 5.74) is 7.54. The summed E-state index contributed by atoms with van der Waals surface area (Å²) in [6, 6.07) is 10.3. The summed E-state index contributed by atoms with van der Waals surface area (Å²) >= 11 is 0. The van der Waals surface area contributed by atoms with Gasteiger partial charge in [0.1, 0.15) is 0 Å². The van der Waals surface area contributed by atoms with Crippen LogP contribution in [0.2, 0.25) is 0 Å². The molecule has 0 bridgehead atoms. The van der Waals surface area contributed by atoms with E-state index in [1.807, 2.05) is 0 Å². The minimum Gasteiger partial charge on any atom is -0.399 e. The summed E-state index contributed by atoms with van der Waals surface area (Å²) < 4.78 is 26.3. The zero-order valence-electron chi connectivity index (χ0n) is 10.3. The third-order valence-corrected chi connectivity index (χ3v) is 3.86. The van der Waals surface area contributed by atoms with Gasteiger partial charge in [0.05, 0.1) is 11.4 Å². The first-order chi connectivity index (χ1) is 9.05. The lowest BCUT2D eigenvalue weighted by Crippen LogP contribution is -2.18. The van der Waals surface area contributed by atoms with Gasteiger partial charge in [-0.15, -0.1) is 0 Å². The number of rotatable bonds is 5. The quantitative estimate of drug-likeness (QED) is 0.814. The van der Waals surface area contributed by atoms with Gasteiger partial charge in [0.2, 0.25) is 10.0 Å². The van der Waals surface area contributed by atoms with Crippen LogP contribution in [0.1, 0.15) is 5.56 Å². The number of nitrogens with zero attached hydrogens (tertiary/aromatic N) is 1. The Morgan fingerprint density at radius 3 is 2.58 bits per heavy atom. The second-order valence-electron chi connectivity index (χ2n) is 4.15. The first-order valence-corrected chi connectivity index (χ1v) is 7.45. The van der Waals surface area contributed by atoms with E-state index in [1.54, 1.807) is 48.8 Å². The van der Waals surface area contributed by atoms with Crippen molar-refractivity contribution >= 4 is 21.4 Å². The molecule has 0 fully saturated rings. The average molecular weight is 277 g/mol. The van der Waals surface area contributed by atoms with Crippen molar-refractivity contribution in [2.24, 2.45) is 0 Å². The zero-order valence-corrected chi connectivity index (χ0v) is 11.1. The number of aromatic nitrogens is 1. The number of nitrogens with one attached hydrogen (secondary N) is 1. The van der Waals surface area contributed by atoms with Crippen LogP contribution in [0, 0.1) is 0 Å². The van der Waals surface area contributed by atoms with E-state index in [0.717, 1.165) is 5.56 Å². The van der Waals surface area contributed by atoms with E-state index in [-0.39, 0.29) is 5.75 Å². The van der Waals surface area contributed by atoms with Gasteiger partial charge in [0.15, 0.2) is 0 Å². The number of hydrogen-bond donors (Lipinski definition) is 2. The lowest BCUT2D eigenvalue weighted by Gasteiger charge is -2.08. The van der Waals surface area contributed by atoms with Crippen molar-refractivity contribution in [3.05, 3.63) is 54.4 Å². The van der Waals surface area contributed by atoms with Crippen molar-refractivity contribution in [2.45, 2.75) is 6.42 Å². The maximum Gasteiger partial charge on any atom is 0.233 e. The SMILES string of the molecule is Nc1cccc(NS(=O)(=O)CCc2ccncc2)c1. The summed E-state index contributed by atoms with van der Waals surface area (Å²) in [6.45, 7) is 0. The second kappa shape index (κ2) is 5.71. The Labute approximate surface area is 112 Å². The molecule has 3 N–H and O–H groups in total. The molecule has 6 heteroatoms. The van der Waals surface area contributed by atoms with Crippen molar-refractivity contribution in [1.29, 1.82) is 0 Å². The number of pyridine rings is 1. The topological polar surface area (TPSA) is 85.1 Å². The molecule has 1 aromatic carbocycles. The van der Waals surface area contributed by atoms with E-state index < -0.39 is 10.0 Å². The predicted molar refractivity (Wildman–Crippen MR) is 76.2 cm³/mol. The van der Waals surface area contributed by atoms with Crippen molar-refractivity contribution in [3.63, 3.8) is 0 Å². The van der Waals surface area contributed by atoms with Crippen LogP contribution in [-0.2, 0) is 16.4 Å². The molecule has 2 rings (SSSR count). The number of aryl methyl sites for hydroxylation is 1. The van der Waals surface area contributed by atoms with Gasteiger partial charge < -0.3 is 5.73 Å². The number of benzene rings is 1. The highest BCUT2D eigenvalue weighted by Crippen LogP contribution is 2.14. The summed E-state index contributed by atoms with van der Waals surface area (Å²) in [4.78, 5) is 3.89. The fourth-order valence-electron chi connectivity index (χ4n) is 1.63. The molecule has 0 radical (unpaired) electrons. The van der Waals surface area contributed by atoms with Gasteiger partial charge >= 0.3 is 0 Å². The molecule has 0 aliphatic rings. The number of hydrogen-bond acceptors (Lipinski definition) is 4. The number of nitrogen functional groups attached to an aromatic ring is 1. The van der Waals surface area contributed by atoms with Crippen molar-refractivity contribution in [1.82, 2.24) is 4.98 Å². The normalized spacial score (nSPS) is 11.2. The predicted octanol–water partition coefficient (Wildman–Crippen LogP) is 1.65. The summed E-state index contributed by atoms with van der Waals surface area (Å²) in [6.07, 6.45) is 3.74. The van der Waals surface area contributed by atoms with Crippen LogP contribution in [-0.4, -0.2) is 19.2 Å². The molecule has 0 saturated heterocycles. The molecule has 0 saturated carbocycles. The van der Waals surface area contributed by atoms with Gasteiger partial charge in [0, 0.05) is 18.1 Å². The molecule has 0 spiro atoms. The molecule has 19 heavy (non-hydrogen) atoms. The zero-order chi connectivity index (χ0) is 13.7. The molecule has 2 aromatic rings. The molecule has 1 aromatic heterocycles. The average Bonchev–Trinajstić information content (AvgIpc) is 2.37. The molecule has 0 amide bonds. The Hall–Kier alpha value is -2.08. The van der Waals surface area contributed by atoms with E-state index >= 15 is 0 Å². The first kappa shape index (κ1) is 13.4. The molecule has 0 aliphatic heterocycles. The molecule has 0 unspecified atom stereocenters. The highest BCUT2D eigenvalue weighted by Gasteiger charge is 2.10. The van der Waals surface area contributed by atoms with E-state index in [1.165, 1.54) is 0 Å². The largest absolute Gasteiger partial charge is 0.399 e. The van der Waals surface area contributed by atoms with E-state index in [0.29, 0.717) is 17.8 Å². The molecule has 5 nitrogen and oxygen atoms in total. The second-order valence-corrected chi connectivity index (χ2v) is 5.99.